The van der Waals surface area contributed by atoms with E-state index in [1.165, 1.54) is 11.0 Å². The molecule has 0 aromatic heterocycles. The van der Waals surface area contributed by atoms with Gasteiger partial charge in [0.1, 0.15) is 22.7 Å². The largest absolute Gasteiger partial charge is 0.457 e. The van der Waals surface area contributed by atoms with Gasteiger partial charge in [0.25, 0.3) is 11.8 Å². The minimum Gasteiger partial charge on any atom is -0.457 e. The van der Waals surface area contributed by atoms with Crippen LogP contribution in [0.5, 0.6) is 11.5 Å². The van der Waals surface area contributed by atoms with E-state index in [0.717, 1.165) is 0 Å². The number of para-hydroxylation sites is 1. The summed E-state index contributed by atoms with van der Waals surface area (Å²) in [6, 6.07) is 15.4. The van der Waals surface area contributed by atoms with Crippen molar-refractivity contribution >= 4 is 40.9 Å². The van der Waals surface area contributed by atoms with Crippen LogP contribution in [0.1, 0.15) is 29.1 Å². The van der Waals surface area contributed by atoms with Gasteiger partial charge < -0.3 is 14.8 Å². The monoisotopic (exact) mass is 469 g/mol. The molecule has 1 heterocycles. The molecule has 3 amide bonds. The third-order valence-corrected chi connectivity index (χ3v) is 4.62. The number of thiocarbonyl (C=S) groups is 1. The predicted molar refractivity (Wildman–Crippen MR) is 130 cm³/mol. The molecule has 0 saturated carbocycles. The third-order valence-electron chi connectivity index (χ3n) is 4.34. The van der Waals surface area contributed by atoms with Gasteiger partial charge in [0.2, 0.25) is 0 Å². The molecule has 1 fully saturated rings. The van der Waals surface area contributed by atoms with Gasteiger partial charge in [0, 0.05) is 7.47 Å². The quantitative estimate of drug-likeness (QED) is 0.385. The summed E-state index contributed by atoms with van der Waals surface area (Å²) in [6.45, 7) is 6.85. The van der Waals surface area contributed by atoms with Crippen molar-refractivity contribution in [3.05, 3.63) is 66.2 Å². The number of ether oxygens (including phenoxy) is 2. The van der Waals surface area contributed by atoms with Gasteiger partial charge in [-0.15, -0.1) is 0 Å². The van der Waals surface area contributed by atoms with E-state index in [1.807, 2.05) is 30.3 Å². The molecule has 3 rings (SSSR count). The summed E-state index contributed by atoms with van der Waals surface area (Å²) in [6.07, 6.45) is 0.709. The van der Waals surface area contributed by atoms with Crippen LogP contribution in [-0.2, 0) is 14.3 Å². The van der Waals surface area contributed by atoms with Gasteiger partial charge >= 0.3 is 6.09 Å². The summed E-state index contributed by atoms with van der Waals surface area (Å²) in [5, 5.41) is 5.06. The molecule has 0 aliphatic carbocycles. The van der Waals surface area contributed by atoms with Crippen molar-refractivity contribution in [2.45, 2.75) is 39.3 Å². The van der Waals surface area contributed by atoms with E-state index in [2.05, 4.69) is 10.6 Å². The number of carbonyl (C=O) groups excluding carboxylic acids is 3. The lowest BCUT2D eigenvalue weighted by molar-refractivity contribution is -0.122. The van der Waals surface area contributed by atoms with E-state index in [4.69, 9.17) is 21.7 Å². The van der Waals surface area contributed by atoms with Gasteiger partial charge in [0.15, 0.2) is 5.11 Å². The summed E-state index contributed by atoms with van der Waals surface area (Å²) in [5.41, 5.74) is -0.352. The maximum Gasteiger partial charge on any atom is 0.408 e. The van der Waals surface area contributed by atoms with Crippen molar-refractivity contribution in [3.63, 3.8) is 0 Å². The van der Waals surface area contributed by atoms with Crippen LogP contribution in [0.15, 0.2) is 66.2 Å². The van der Waals surface area contributed by atoms with Gasteiger partial charge in [-0.05, 0) is 82.4 Å². The number of carbonyl (C=O) groups is 3. The number of hydrogen-bond acceptors (Lipinski definition) is 6. The number of nitrogens with zero attached hydrogens (tertiary/aromatic N) is 1. The second kappa shape index (κ2) is 9.83. The van der Waals surface area contributed by atoms with Crippen LogP contribution >= 0.6 is 12.2 Å². The normalized spacial score (nSPS) is 16.3. The summed E-state index contributed by atoms with van der Waals surface area (Å²) in [7, 11) is 0. The fourth-order valence-corrected chi connectivity index (χ4v) is 3.27. The van der Waals surface area contributed by atoms with E-state index in [9.17, 15) is 14.4 Å². The molecular weight excluding hydrogens is 442 g/mol. The average Bonchev–Trinajstić information content (AvgIpc) is 2.71. The summed E-state index contributed by atoms with van der Waals surface area (Å²) < 4.78 is 11.0. The smallest absolute Gasteiger partial charge is 0.408 e. The lowest BCUT2D eigenvalue weighted by Gasteiger charge is -2.29. The maximum atomic E-state index is 13.1. The molecule has 0 bridgehead atoms. The van der Waals surface area contributed by atoms with Gasteiger partial charge in [-0.2, -0.15) is 0 Å². The number of alkyl carbamates (subject to hydrolysis) is 1. The Labute approximate surface area is 199 Å². The lowest BCUT2D eigenvalue weighted by Crippen LogP contribution is -2.54. The number of nitrogens with one attached hydrogen (secondary N) is 2. The third kappa shape index (κ3) is 6.39. The zero-order valence-corrected chi connectivity index (χ0v) is 19.6. The van der Waals surface area contributed by atoms with Crippen LogP contribution in [0.2, 0.25) is 0 Å². The molecule has 174 valence electrons. The first-order valence-electron chi connectivity index (χ1n) is 10.3. The molecular formula is C24H27N3O5S. The SMILES string of the molecule is CC(/C=C1\C(=O)NC(=S)N(c2ccc(Oc3ccccc3)cc2)C1=O)NC(=O)OC(C)(C)C.[HH]. The molecule has 1 aliphatic rings. The molecule has 8 nitrogen and oxygen atoms in total. The van der Waals surface area contributed by atoms with E-state index in [0.29, 0.717) is 17.2 Å². The molecule has 33 heavy (non-hydrogen) atoms. The molecule has 1 aliphatic heterocycles. The van der Waals surface area contributed by atoms with Gasteiger partial charge in [-0.1, -0.05) is 18.2 Å². The Hall–Kier alpha value is -3.72. The maximum absolute atomic E-state index is 13.1. The molecule has 0 radical (unpaired) electrons. The molecule has 2 N–H and O–H groups in total. The molecule has 2 aromatic carbocycles. The highest BCUT2D eigenvalue weighted by atomic mass is 32.1. The predicted octanol–water partition coefficient (Wildman–Crippen LogP) is 4.31. The summed E-state index contributed by atoms with van der Waals surface area (Å²) in [5.74, 6) is 0.0236. The Morgan fingerprint density at radius 1 is 1.09 bits per heavy atom. The molecule has 1 saturated heterocycles. The highest BCUT2D eigenvalue weighted by Crippen LogP contribution is 2.26. The zero-order chi connectivity index (χ0) is 24.2. The minimum absolute atomic E-state index is 0. The number of rotatable bonds is 5. The van der Waals surface area contributed by atoms with Crippen molar-refractivity contribution < 1.29 is 25.3 Å². The fraction of sp³-hybridized carbons (Fsp3) is 0.250. The Kier molecular flexibility index (Phi) is 7.13. The Balaban J connectivity index is 0.00000408. The number of amides is 3. The molecule has 1 atom stereocenters. The van der Waals surface area contributed by atoms with Crippen molar-refractivity contribution in [2.24, 2.45) is 0 Å². The first-order chi connectivity index (χ1) is 15.5. The van der Waals surface area contributed by atoms with E-state index in [-0.39, 0.29) is 12.1 Å². The second-order valence-electron chi connectivity index (χ2n) is 8.32. The molecule has 2 aromatic rings. The highest BCUT2D eigenvalue weighted by molar-refractivity contribution is 7.80. The number of anilines is 1. The van der Waals surface area contributed by atoms with Crippen molar-refractivity contribution in [1.82, 2.24) is 10.6 Å². The first kappa shape index (κ1) is 23.9. The van der Waals surface area contributed by atoms with Crippen molar-refractivity contribution in [2.75, 3.05) is 4.90 Å². The number of hydrogen-bond donors (Lipinski definition) is 2. The molecule has 1 unspecified atom stereocenters. The van der Waals surface area contributed by atoms with Crippen molar-refractivity contribution in [1.29, 1.82) is 0 Å². The zero-order valence-electron chi connectivity index (χ0n) is 18.7. The standard InChI is InChI=1S/C24H25N3O5S.H2/c1-15(25-23(30)32-24(2,3)4)14-19-20(28)26-22(33)27(21(19)29)16-10-12-18(13-11-16)31-17-8-6-5-7-9-17;/h5-15H,1-4H3,(H,25,30)(H,26,28,33);1H/b19-14+;. The second-order valence-corrected chi connectivity index (χ2v) is 8.71. The highest BCUT2D eigenvalue weighted by Gasteiger charge is 2.35. The van der Waals surface area contributed by atoms with Crippen LogP contribution in [0.25, 0.3) is 0 Å². The van der Waals surface area contributed by atoms with Gasteiger partial charge in [0.05, 0.1) is 5.69 Å². The van der Waals surface area contributed by atoms with Crippen LogP contribution in [-0.4, -0.2) is 34.7 Å². The van der Waals surface area contributed by atoms with Crippen LogP contribution in [0.3, 0.4) is 0 Å². The van der Waals surface area contributed by atoms with Gasteiger partial charge in [-0.25, -0.2) is 4.79 Å². The summed E-state index contributed by atoms with van der Waals surface area (Å²) in [4.78, 5) is 38.7. The Morgan fingerprint density at radius 2 is 1.70 bits per heavy atom. The van der Waals surface area contributed by atoms with Crippen molar-refractivity contribution in [3.8, 4) is 11.5 Å². The minimum atomic E-state index is -0.672. The molecule has 0 spiro atoms. The average molecular weight is 470 g/mol. The molecule has 9 heteroatoms. The van der Waals surface area contributed by atoms with Crippen LogP contribution < -0.4 is 20.3 Å². The Morgan fingerprint density at radius 3 is 2.30 bits per heavy atom. The van der Waals surface area contributed by atoms with E-state index < -0.39 is 29.6 Å². The van der Waals surface area contributed by atoms with Gasteiger partial charge in [-0.3, -0.25) is 19.8 Å². The van der Waals surface area contributed by atoms with Crippen LogP contribution in [0, 0.1) is 0 Å². The van der Waals surface area contributed by atoms with E-state index >= 15 is 0 Å². The van der Waals surface area contributed by atoms with E-state index in [1.54, 1.807) is 52.0 Å². The first-order valence-corrected chi connectivity index (χ1v) is 10.7. The Bertz CT molecular complexity index is 1100. The van der Waals surface area contributed by atoms with Crippen LogP contribution in [0.4, 0.5) is 10.5 Å². The topological polar surface area (TPSA) is 97.0 Å². The number of benzene rings is 2. The summed E-state index contributed by atoms with van der Waals surface area (Å²) >= 11 is 5.22. The fourth-order valence-electron chi connectivity index (χ4n) is 2.98. The lowest BCUT2D eigenvalue weighted by atomic mass is 10.1.